The Morgan fingerprint density at radius 3 is 2.86 bits per heavy atom. The maximum atomic E-state index is 10.4. The monoisotopic (exact) mass is 348 g/mol. The third-order valence-corrected chi connectivity index (χ3v) is 4.24. The van der Waals surface area contributed by atoms with Crippen LogP contribution in [0.25, 0.3) is 0 Å². The first-order chi connectivity index (χ1) is 10.2. The second-order valence-electron chi connectivity index (χ2n) is 5.17. The molecule has 3 nitrogen and oxygen atoms in total. The van der Waals surface area contributed by atoms with Crippen molar-refractivity contribution in [3.63, 3.8) is 0 Å². The molecule has 0 radical (unpaired) electrons. The number of ether oxygens (including phenoxy) is 2. The second-order valence-corrected chi connectivity index (χ2v) is 6.09. The van der Waals surface area contributed by atoms with E-state index in [2.05, 4.69) is 15.9 Å². The van der Waals surface area contributed by atoms with Gasteiger partial charge in [0.05, 0.1) is 12.7 Å². The summed E-state index contributed by atoms with van der Waals surface area (Å²) < 4.78 is 12.3. The maximum absolute atomic E-state index is 10.4. The van der Waals surface area contributed by atoms with Crippen LogP contribution in [0.4, 0.5) is 0 Å². The summed E-state index contributed by atoms with van der Waals surface area (Å²) in [7, 11) is 1.68. The lowest BCUT2D eigenvalue weighted by atomic mass is 9.92. The van der Waals surface area contributed by atoms with Crippen LogP contribution in [-0.4, -0.2) is 12.2 Å². The van der Waals surface area contributed by atoms with E-state index >= 15 is 0 Å². The summed E-state index contributed by atoms with van der Waals surface area (Å²) in [4.78, 5) is 0. The van der Waals surface area contributed by atoms with Crippen molar-refractivity contribution >= 4 is 15.9 Å². The van der Waals surface area contributed by atoms with Gasteiger partial charge in [-0.3, -0.25) is 0 Å². The summed E-state index contributed by atoms with van der Waals surface area (Å²) in [5.41, 5.74) is 3.01. The predicted molar refractivity (Wildman–Crippen MR) is 84.2 cm³/mol. The van der Waals surface area contributed by atoms with Crippen molar-refractivity contribution in [2.24, 2.45) is 0 Å². The van der Waals surface area contributed by atoms with E-state index in [1.807, 2.05) is 42.5 Å². The number of hydrogen-bond acceptors (Lipinski definition) is 3. The Balaban J connectivity index is 1.95. The Morgan fingerprint density at radius 2 is 2.05 bits per heavy atom. The van der Waals surface area contributed by atoms with Crippen molar-refractivity contribution in [2.45, 2.75) is 25.2 Å². The summed E-state index contributed by atoms with van der Waals surface area (Å²) in [5.74, 6) is 0.736. The number of benzene rings is 2. The Hall–Kier alpha value is -1.36. The molecule has 0 fully saturated rings. The lowest BCUT2D eigenvalue weighted by molar-refractivity contribution is 0.0641. The van der Waals surface area contributed by atoms with Crippen LogP contribution in [0.5, 0.6) is 5.75 Å². The van der Waals surface area contributed by atoms with Gasteiger partial charge in [0.2, 0.25) is 0 Å². The highest BCUT2D eigenvalue weighted by molar-refractivity contribution is 9.10. The number of rotatable bonds is 3. The molecular formula is C17H17BrO3. The molecule has 1 N–H and O–H groups in total. The highest BCUT2D eigenvalue weighted by Gasteiger charge is 2.29. The Labute approximate surface area is 132 Å². The highest BCUT2D eigenvalue weighted by atomic mass is 79.9. The number of halogens is 1. The standard InChI is InChI=1S/C17H17BrO3/c1-20-10-11-4-2-3-5-13(11)17-9-15(19)14-7-6-12(18)8-16(14)21-17/h2-8,15,17,19H,9-10H2,1H3. The zero-order chi connectivity index (χ0) is 14.8. The third-order valence-electron chi connectivity index (χ3n) is 3.74. The second kappa shape index (κ2) is 6.18. The third kappa shape index (κ3) is 2.98. The molecule has 2 aromatic rings. The molecule has 2 aromatic carbocycles. The molecule has 0 aliphatic carbocycles. The predicted octanol–water partition coefficient (Wildman–Crippen LogP) is 4.15. The van der Waals surface area contributed by atoms with Crippen molar-refractivity contribution in [1.29, 1.82) is 0 Å². The van der Waals surface area contributed by atoms with Crippen LogP contribution in [0.1, 0.15) is 35.3 Å². The van der Waals surface area contributed by atoms with E-state index in [-0.39, 0.29) is 6.10 Å². The molecule has 0 spiro atoms. The van der Waals surface area contributed by atoms with E-state index in [4.69, 9.17) is 9.47 Å². The van der Waals surface area contributed by atoms with E-state index in [9.17, 15) is 5.11 Å². The fourth-order valence-corrected chi connectivity index (χ4v) is 3.08. The average Bonchev–Trinajstić information content (AvgIpc) is 2.47. The molecule has 2 unspecified atom stereocenters. The fraction of sp³-hybridized carbons (Fsp3) is 0.294. The quantitative estimate of drug-likeness (QED) is 0.905. The summed E-state index contributed by atoms with van der Waals surface area (Å²) >= 11 is 3.44. The zero-order valence-corrected chi connectivity index (χ0v) is 13.3. The molecule has 1 heterocycles. The SMILES string of the molecule is COCc1ccccc1C1CC(O)c2ccc(Br)cc2O1. The smallest absolute Gasteiger partial charge is 0.127 e. The van der Waals surface area contributed by atoms with Crippen LogP contribution >= 0.6 is 15.9 Å². The average molecular weight is 349 g/mol. The molecule has 0 saturated heterocycles. The molecule has 1 aliphatic rings. The van der Waals surface area contributed by atoms with E-state index in [0.717, 1.165) is 26.9 Å². The molecule has 110 valence electrons. The fourth-order valence-electron chi connectivity index (χ4n) is 2.74. The first-order valence-corrected chi connectivity index (χ1v) is 7.69. The van der Waals surface area contributed by atoms with Gasteiger partial charge < -0.3 is 14.6 Å². The maximum Gasteiger partial charge on any atom is 0.127 e. The van der Waals surface area contributed by atoms with Gasteiger partial charge in [-0.2, -0.15) is 0 Å². The Bertz CT molecular complexity index is 642. The molecule has 2 atom stereocenters. The highest BCUT2D eigenvalue weighted by Crippen LogP contribution is 2.42. The van der Waals surface area contributed by atoms with E-state index in [0.29, 0.717) is 13.0 Å². The molecule has 0 bridgehead atoms. The minimum atomic E-state index is -0.512. The van der Waals surface area contributed by atoms with Gasteiger partial charge in [0.25, 0.3) is 0 Å². The normalized spacial score (nSPS) is 20.7. The topological polar surface area (TPSA) is 38.7 Å². The van der Waals surface area contributed by atoms with Crippen LogP contribution in [-0.2, 0) is 11.3 Å². The summed E-state index contributed by atoms with van der Waals surface area (Å²) in [5, 5.41) is 10.4. The van der Waals surface area contributed by atoms with Crippen molar-refractivity contribution in [2.75, 3.05) is 7.11 Å². The Kier molecular flexibility index (Phi) is 4.29. The van der Waals surface area contributed by atoms with Gasteiger partial charge in [-0.1, -0.05) is 46.3 Å². The van der Waals surface area contributed by atoms with Gasteiger partial charge in [0.15, 0.2) is 0 Å². The van der Waals surface area contributed by atoms with Crippen LogP contribution in [0, 0.1) is 0 Å². The van der Waals surface area contributed by atoms with E-state index in [1.54, 1.807) is 7.11 Å². The largest absolute Gasteiger partial charge is 0.485 e. The minimum absolute atomic E-state index is 0.159. The van der Waals surface area contributed by atoms with Crippen LogP contribution in [0.15, 0.2) is 46.9 Å². The first kappa shape index (κ1) is 14.6. The number of methoxy groups -OCH3 is 1. The van der Waals surface area contributed by atoms with E-state index in [1.165, 1.54) is 0 Å². The van der Waals surface area contributed by atoms with Crippen molar-refractivity contribution in [3.8, 4) is 5.75 Å². The number of aliphatic hydroxyl groups excluding tert-OH is 1. The Morgan fingerprint density at radius 1 is 1.24 bits per heavy atom. The van der Waals surface area contributed by atoms with Crippen LogP contribution in [0.2, 0.25) is 0 Å². The molecule has 0 aromatic heterocycles. The molecule has 4 heteroatoms. The molecule has 3 rings (SSSR count). The van der Waals surface area contributed by atoms with E-state index < -0.39 is 6.10 Å². The molecular weight excluding hydrogens is 332 g/mol. The summed E-state index contributed by atoms with van der Waals surface area (Å²) in [6.45, 7) is 0.539. The lowest BCUT2D eigenvalue weighted by Crippen LogP contribution is -2.20. The summed E-state index contributed by atoms with van der Waals surface area (Å²) in [6, 6.07) is 13.8. The van der Waals surface area contributed by atoms with Gasteiger partial charge >= 0.3 is 0 Å². The van der Waals surface area contributed by atoms with Crippen LogP contribution < -0.4 is 4.74 Å². The minimum Gasteiger partial charge on any atom is -0.485 e. The van der Waals surface area contributed by atoms with Gasteiger partial charge in [-0.15, -0.1) is 0 Å². The van der Waals surface area contributed by atoms with Crippen molar-refractivity contribution in [3.05, 3.63) is 63.6 Å². The van der Waals surface area contributed by atoms with Crippen molar-refractivity contribution < 1.29 is 14.6 Å². The van der Waals surface area contributed by atoms with Crippen LogP contribution in [0.3, 0.4) is 0 Å². The first-order valence-electron chi connectivity index (χ1n) is 6.90. The van der Waals surface area contributed by atoms with Gasteiger partial charge in [-0.05, 0) is 23.3 Å². The molecule has 0 saturated carbocycles. The lowest BCUT2D eigenvalue weighted by Gasteiger charge is -2.31. The van der Waals surface area contributed by atoms with Gasteiger partial charge in [0.1, 0.15) is 11.9 Å². The van der Waals surface area contributed by atoms with Gasteiger partial charge in [0, 0.05) is 23.6 Å². The number of hydrogen-bond donors (Lipinski definition) is 1. The molecule has 21 heavy (non-hydrogen) atoms. The van der Waals surface area contributed by atoms with Crippen molar-refractivity contribution in [1.82, 2.24) is 0 Å². The number of aliphatic hydroxyl groups is 1. The summed E-state index contributed by atoms with van der Waals surface area (Å²) in [6.07, 6.45) is -0.120. The molecule has 1 aliphatic heterocycles. The van der Waals surface area contributed by atoms with Gasteiger partial charge in [-0.25, -0.2) is 0 Å². The number of fused-ring (bicyclic) bond motifs is 1. The molecule has 0 amide bonds. The zero-order valence-electron chi connectivity index (χ0n) is 11.8.